The smallest absolute Gasteiger partial charge is 0.239 e. The topological polar surface area (TPSA) is 46.3 Å². The van der Waals surface area contributed by atoms with E-state index in [1.54, 1.807) is 11.8 Å². The van der Waals surface area contributed by atoms with E-state index in [0.717, 1.165) is 13.0 Å². The van der Waals surface area contributed by atoms with Crippen molar-refractivity contribution in [2.45, 2.75) is 19.4 Å². The van der Waals surface area contributed by atoms with Crippen molar-refractivity contribution in [1.82, 2.24) is 4.90 Å². The van der Waals surface area contributed by atoms with Crippen molar-refractivity contribution in [3.63, 3.8) is 0 Å². The first-order chi connectivity index (χ1) is 5.22. The van der Waals surface area contributed by atoms with E-state index >= 15 is 0 Å². The zero-order valence-corrected chi connectivity index (χ0v) is 6.71. The van der Waals surface area contributed by atoms with Crippen LogP contribution < -0.4 is 5.73 Å². The number of rotatable bonds is 1. The van der Waals surface area contributed by atoms with Gasteiger partial charge in [-0.25, -0.2) is 0 Å². The van der Waals surface area contributed by atoms with Gasteiger partial charge in [0.2, 0.25) is 5.91 Å². The summed E-state index contributed by atoms with van der Waals surface area (Å²) in [6.07, 6.45) is 5.76. The molecule has 0 saturated heterocycles. The summed E-state index contributed by atoms with van der Waals surface area (Å²) in [6, 6.07) is -0.374. The monoisotopic (exact) mass is 153 g/mol. The maximum absolute atomic E-state index is 11.3. The molecule has 2 N–H and O–H groups in total. The molecule has 1 amide bonds. The van der Waals surface area contributed by atoms with Gasteiger partial charge in [-0.05, 0) is 19.4 Å². The average Bonchev–Trinajstić information content (AvgIpc) is 2.05. The standard InChI is InChI=1S/C8H13N2O/c1-7(9)8(11)10-5-3-2-4-6-10/h3,7H,4-6,9H2,1H3. The molecule has 11 heavy (non-hydrogen) atoms. The SMILES string of the molecule is CC(N)C(=O)N1CC=[C]CC1. The molecule has 1 atom stereocenters. The first-order valence-electron chi connectivity index (χ1n) is 3.81. The van der Waals surface area contributed by atoms with Crippen LogP contribution in [0.15, 0.2) is 6.08 Å². The number of amides is 1. The fourth-order valence-electron chi connectivity index (χ4n) is 1.06. The van der Waals surface area contributed by atoms with Gasteiger partial charge in [-0.15, -0.1) is 0 Å². The summed E-state index contributed by atoms with van der Waals surface area (Å²) in [5, 5.41) is 0. The van der Waals surface area contributed by atoms with E-state index < -0.39 is 0 Å². The van der Waals surface area contributed by atoms with Gasteiger partial charge in [0.25, 0.3) is 0 Å². The second kappa shape index (κ2) is 3.53. The summed E-state index contributed by atoms with van der Waals surface area (Å²) >= 11 is 0. The van der Waals surface area contributed by atoms with Gasteiger partial charge >= 0.3 is 0 Å². The van der Waals surface area contributed by atoms with E-state index in [1.165, 1.54) is 0 Å². The molecule has 1 aliphatic heterocycles. The van der Waals surface area contributed by atoms with E-state index in [-0.39, 0.29) is 11.9 Å². The van der Waals surface area contributed by atoms with Gasteiger partial charge in [0.05, 0.1) is 6.04 Å². The Morgan fingerprint density at radius 1 is 1.82 bits per heavy atom. The molecule has 0 spiro atoms. The Kier molecular flexibility index (Phi) is 2.65. The molecule has 1 rings (SSSR count). The van der Waals surface area contributed by atoms with E-state index in [1.807, 2.05) is 6.08 Å². The lowest BCUT2D eigenvalue weighted by Crippen LogP contribution is -2.43. The molecule has 1 radical (unpaired) electrons. The minimum Gasteiger partial charge on any atom is -0.337 e. The summed E-state index contributed by atoms with van der Waals surface area (Å²) in [4.78, 5) is 13.0. The molecule has 0 aromatic heterocycles. The number of carbonyl (C=O) groups is 1. The Labute approximate surface area is 66.9 Å². The zero-order chi connectivity index (χ0) is 8.27. The number of carbonyl (C=O) groups excluding carboxylic acids is 1. The maximum atomic E-state index is 11.3. The Bertz CT molecular complexity index is 175. The molecular weight excluding hydrogens is 140 g/mol. The quantitative estimate of drug-likeness (QED) is 0.573. The van der Waals surface area contributed by atoms with E-state index in [9.17, 15) is 4.79 Å². The van der Waals surface area contributed by atoms with Crippen LogP contribution in [0.1, 0.15) is 13.3 Å². The molecule has 1 heterocycles. The molecule has 0 bridgehead atoms. The molecule has 0 aliphatic carbocycles. The molecule has 0 saturated carbocycles. The molecular formula is C8H13N2O. The van der Waals surface area contributed by atoms with E-state index in [4.69, 9.17) is 5.73 Å². The largest absolute Gasteiger partial charge is 0.337 e. The number of nitrogens with zero attached hydrogens (tertiary/aromatic N) is 1. The maximum Gasteiger partial charge on any atom is 0.239 e. The van der Waals surface area contributed by atoms with Crippen molar-refractivity contribution in [1.29, 1.82) is 0 Å². The predicted molar refractivity (Wildman–Crippen MR) is 42.7 cm³/mol. The van der Waals surface area contributed by atoms with E-state index in [0.29, 0.717) is 6.54 Å². The fraction of sp³-hybridized carbons (Fsp3) is 0.625. The minimum absolute atomic E-state index is 0.0303. The lowest BCUT2D eigenvalue weighted by molar-refractivity contribution is -0.131. The Hall–Kier alpha value is -0.830. The molecule has 1 unspecified atom stereocenters. The van der Waals surface area contributed by atoms with Crippen molar-refractivity contribution in [3.8, 4) is 0 Å². The summed E-state index contributed by atoms with van der Waals surface area (Å²) in [7, 11) is 0. The molecule has 3 nitrogen and oxygen atoms in total. The minimum atomic E-state index is -0.374. The Morgan fingerprint density at radius 2 is 2.55 bits per heavy atom. The summed E-state index contributed by atoms with van der Waals surface area (Å²) in [6.45, 7) is 3.14. The van der Waals surface area contributed by atoms with Gasteiger partial charge in [0, 0.05) is 13.1 Å². The molecule has 61 valence electrons. The lowest BCUT2D eigenvalue weighted by Gasteiger charge is -2.24. The highest BCUT2D eigenvalue weighted by molar-refractivity contribution is 5.81. The van der Waals surface area contributed by atoms with Crippen LogP contribution in [0.3, 0.4) is 0 Å². The number of hydrogen-bond donors (Lipinski definition) is 1. The van der Waals surface area contributed by atoms with Crippen LogP contribution in [0, 0.1) is 6.08 Å². The predicted octanol–water partition coefficient (Wildman–Crippen LogP) is -0.0747. The lowest BCUT2D eigenvalue weighted by atomic mass is 10.2. The molecule has 0 aromatic rings. The molecule has 0 aromatic carbocycles. The summed E-state index contributed by atoms with van der Waals surface area (Å²) in [5.41, 5.74) is 5.44. The second-order valence-electron chi connectivity index (χ2n) is 2.73. The van der Waals surface area contributed by atoms with Crippen LogP contribution in [0.2, 0.25) is 0 Å². The van der Waals surface area contributed by atoms with Gasteiger partial charge in [0.1, 0.15) is 0 Å². The third kappa shape index (κ3) is 2.05. The van der Waals surface area contributed by atoms with Crippen molar-refractivity contribution in [2.75, 3.05) is 13.1 Å². The van der Waals surface area contributed by atoms with Crippen molar-refractivity contribution in [3.05, 3.63) is 12.2 Å². The van der Waals surface area contributed by atoms with Crippen molar-refractivity contribution < 1.29 is 4.79 Å². The van der Waals surface area contributed by atoms with Gasteiger partial charge in [-0.2, -0.15) is 0 Å². The van der Waals surface area contributed by atoms with Crippen LogP contribution in [0.5, 0.6) is 0 Å². The van der Waals surface area contributed by atoms with Crippen LogP contribution in [0.4, 0.5) is 0 Å². The zero-order valence-electron chi connectivity index (χ0n) is 6.71. The van der Waals surface area contributed by atoms with Gasteiger partial charge in [0.15, 0.2) is 0 Å². The highest BCUT2D eigenvalue weighted by Crippen LogP contribution is 2.01. The highest BCUT2D eigenvalue weighted by atomic mass is 16.2. The molecule has 3 heteroatoms. The van der Waals surface area contributed by atoms with Crippen LogP contribution in [-0.2, 0) is 4.79 Å². The van der Waals surface area contributed by atoms with Crippen molar-refractivity contribution in [2.24, 2.45) is 5.73 Å². The van der Waals surface area contributed by atoms with Crippen LogP contribution in [-0.4, -0.2) is 29.9 Å². The Morgan fingerprint density at radius 3 is 3.00 bits per heavy atom. The normalized spacial score (nSPS) is 20.0. The van der Waals surface area contributed by atoms with E-state index in [2.05, 4.69) is 6.08 Å². The Balaban J connectivity index is 2.47. The molecule has 1 aliphatic rings. The third-order valence-corrected chi connectivity index (χ3v) is 1.68. The van der Waals surface area contributed by atoms with Gasteiger partial charge in [-0.3, -0.25) is 4.79 Å². The van der Waals surface area contributed by atoms with Crippen molar-refractivity contribution >= 4 is 5.91 Å². The summed E-state index contributed by atoms with van der Waals surface area (Å²) in [5.74, 6) is 0.0303. The van der Waals surface area contributed by atoms with Gasteiger partial charge < -0.3 is 10.6 Å². The first kappa shape index (κ1) is 8.27. The third-order valence-electron chi connectivity index (χ3n) is 1.68. The number of nitrogens with two attached hydrogens (primary N) is 1. The summed E-state index contributed by atoms with van der Waals surface area (Å²) < 4.78 is 0. The highest BCUT2D eigenvalue weighted by Gasteiger charge is 2.16. The van der Waals surface area contributed by atoms with Crippen LogP contribution in [0.25, 0.3) is 0 Å². The fourth-order valence-corrected chi connectivity index (χ4v) is 1.06. The first-order valence-corrected chi connectivity index (χ1v) is 3.81. The number of hydrogen-bond acceptors (Lipinski definition) is 2. The average molecular weight is 153 g/mol. The van der Waals surface area contributed by atoms with Gasteiger partial charge in [-0.1, -0.05) is 6.08 Å². The van der Waals surface area contributed by atoms with Crippen LogP contribution >= 0.6 is 0 Å². The second-order valence-corrected chi connectivity index (χ2v) is 2.73. The molecule has 0 fully saturated rings.